The van der Waals surface area contributed by atoms with E-state index in [-0.39, 0.29) is 5.91 Å². The maximum Gasteiger partial charge on any atom is 0.341 e. The number of ether oxygens (including phenoxy) is 1. The van der Waals surface area contributed by atoms with E-state index in [1.165, 1.54) is 0 Å². The second kappa shape index (κ2) is 7.33. The Balaban J connectivity index is 1.72. The SMILES string of the molecule is Cc1ccc(NC(=O)C(C)OC(=O)c2c[nH]c3ccc(Br)cc23)c(C)c1. The number of H-pyrrole nitrogens is 1. The monoisotopic (exact) mass is 414 g/mol. The highest BCUT2D eigenvalue weighted by Gasteiger charge is 2.21. The molecule has 1 amide bonds. The minimum atomic E-state index is -0.916. The lowest BCUT2D eigenvalue weighted by Crippen LogP contribution is -2.30. The molecule has 0 radical (unpaired) electrons. The average molecular weight is 415 g/mol. The molecule has 5 nitrogen and oxygen atoms in total. The van der Waals surface area contributed by atoms with Gasteiger partial charge in [-0.2, -0.15) is 0 Å². The summed E-state index contributed by atoms with van der Waals surface area (Å²) >= 11 is 3.39. The average Bonchev–Trinajstić information content (AvgIpc) is 3.00. The van der Waals surface area contributed by atoms with Crippen LogP contribution in [-0.2, 0) is 9.53 Å². The molecule has 3 rings (SSSR count). The molecule has 134 valence electrons. The smallest absolute Gasteiger partial charge is 0.341 e. The van der Waals surface area contributed by atoms with Crippen LogP contribution in [-0.4, -0.2) is 23.0 Å². The summed E-state index contributed by atoms with van der Waals surface area (Å²) in [5.74, 6) is -0.913. The standard InChI is InChI=1S/C20H19BrN2O3/c1-11-4-6-17(12(2)8-11)23-19(24)13(3)26-20(25)16-10-22-18-7-5-14(21)9-15(16)18/h4-10,13,22H,1-3H3,(H,23,24). The molecule has 6 heteroatoms. The van der Waals surface area contributed by atoms with Gasteiger partial charge in [0.05, 0.1) is 5.56 Å². The molecule has 0 bridgehead atoms. The van der Waals surface area contributed by atoms with E-state index >= 15 is 0 Å². The van der Waals surface area contributed by atoms with Crippen LogP contribution in [0.2, 0.25) is 0 Å². The zero-order chi connectivity index (χ0) is 18.8. The van der Waals surface area contributed by atoms with Gasteiger partial charge in [0.2, 0.25) is 0 Å². The van der Waals surface area contributed by atoms with Gasteiger partial charge in [-0.1, -0.05) is 33.6 Å². The molecule has 0 spiro atoms. The summed E-state index contributed by atoms with van der Waals surface area (Å²) in [5, 5.41) is 3.54. The molecule has 0 aliphatic heterocycles. The summed E-state index contributed by atoms with van der Waals surface area (Å²) in [6, 6.07) is 11.3. The minimum absolute atomic E-state index is 0.369. The van der Waals surface area contributed by atoms with Gasteiger partial charge in [0.1, 0.15) is 0 Å². The first-order valence-corrected chi connectivity index (χ1v) is 9.00. The predicted octanol–water partition coefficient (Wildman–Crippen LogP) is 4.73. The fraction of sp³-hybridized carbons (Fsp3) is 0.200. The van der Waals surface area contributed by atoms with Crippen molar-refractivity contribution in [3.8, 4) is 0 Å². The van der Waals surface area contributed by atoms with Crippen molar-refractivity contribution in [2.75, 3.05) is 5.32 Å². The quantitative estimate of drug-likeness (QED) is 0.606. The third kappa shape index (κ3) is 3.80. The number of anilines is 1. The molecule has 0 aliphatic carbocycles. The van der Waals surface area contributed by atoms with Gasteiger partial charge >= 0.3 is 5.97 Å². The highest BCUT2D eigenvalue weighted by Crippen LogP contribution is 2.24. The number of hydrogen-bond donors (Lipinski definition) is 2. The summed E-state index contributed by atoms with van der Waals surface area (Å²) in [5.41, 5.74) is 4.00. The summed E-state index contributed by atoms with van der Waals surface area (Å²) in [6.45, 7) is 5.47. The lowest BCUT2D eigenvalue weighted by atomic mass is 10.1. The van der Waals surface area contributed by atoms with Crippen LogP contribution in [0, 0.1) is 13.8 Å². The molecular weight excluding hydrogens is 396 g/mol. The van der Waals surface area contributed by atoms with Gasteiger partial charge < -0.3 is 15.0 Å². The molecule has 0 saturated heterocycles. The van der Waals surface area contributed by atoms with Crippen LogP contribution in [0.3, 0.4) is 0 Å². The van der Waals surface area contributed by atoms with Crippen molar-refractivity contribution >= 4 is 44.4 Å². The number of rotatable bonds is 4. The van der Waals surface area contributed by atoms with Gasteiger partial charge in [-0.05, 0) is 50.6 Å². The maximum atomic E-state index is 12.5. The van der Waals surface area contributed by atoms with Crippen molar-refractivity contribution in [3.05, 3.63) is 63.8 Å². The summed E-state index contributed by atoms with van der Waals surface area (Å²) in [4.78, 5) is 27.9. The Morgan fingerprint density at radius 3 is 2.65 bits per heavy atom. The zero-order valence-corrected chi connectivity index (χ0v) is 16.3. The molecule has 0 saturated carbocycles. The normalized spacial score (nSPS) is 12.0. The molecular formula is C20H19BrN2O3. The number of fused-ring (bicyclic) bond motifs is 1. The molecule has 3 aromatic rings. The van der Waals surface area contributed by atoms with Gasteiger partial charge in [-0.3, -0.25) is 4.79 Å². The molecule has 1 unspecified atom stereocenters. The van der Waals surface area contributed by atoms with Crippen LogP contribution < -0.4 is 5.32 Å². The van der Waals surface area contributed by atoms with E-state index in [9.17, 15) is 9.59 Å². The molecule has 0 aliphatic rings. The van der Waals surface area contributed by atoms with Crippen LogP contribution >= 0.6 is 15.9 Å². The minimum Gasteiger partial charge on any atom is -0.449 e. The first kappa shape index (κ1) is 18.2. The number of carbonyl (C=O) groups is 2. The lowest BCUT2D eigenvalue weighted by Gasteiger charge is -2.15. The van der Waals surface area contributed by atoms with Crippen molar-refractivity contribution in [2.45, 2.75) is 26.9 Å². The number of benzene rings is 2. The van der Waals surface area contributed by atoms with Gasteiger partial charge in [-0.15, -0.1) is 0 Å². The molecule has 0 fully saturated rings. The van der Waals surface area contributed by atoms with E-state index in [0.29, 0.717) is 11.3 Å². The molecule has 2 aromatic carbocycles. The third-order valence-electron chi connectivity index (χ3n) is 4.16. The number of esters is 1. The Morgan fingerprint density at radius 1 is 1.15 bits per heavy atom. The second-order valence-electron chi connectivity index (χ2n) is 6.25. The highest BCUT2D eigenvalue weighted by atomic mass is 79.9. The van der Waals surface area contributed by atoms with Gasteiger partial charge in [0, 0.05) is 27.3 Å². The fourth-order valence-corrected chi connectivity index (χ4v) is 3.09. The summed E-state index contributed by atoms with van der Waals surface area (Å²) in [6.07, 6.45) is 0.675. The Morgan fingerprint density at radius 2 is 1.92 bits per heavy atom. The van der Waals surface area contributed by atoms with Crippen molar-refractivity contribution in [1.82, 2.24) is 4.98 Å². The fourth-order valence-electron chi connectivity index (χ4n) is 2.73. The number of aromatic amines is 1. The summed E-state index contributed by atoms with van der Waals surface area (Å²) < 4.78 is 6.21. The zero-order valence-electron chi connectivity index (χ0n) is 14.7. The van der Waals surface area contributed by atoms with Crippen LogP contribution in [0.5, 0.6) is 0 Å². The van der Waals surface area contributed by atoms with Gasteiger partial charge in [-0.25, -0.2) is 4.79 Å². The van der Waals surface area contributed by atoms with Crippen LogP contribution in [0.4, 0.5) is 5.69 Å². The largest absolute Gasteiger partial charge is 0.449 e. The van der Waals surface area contributed by atoms with Gasteiger partial charge in [0.25, 0.3) is 5.91 Å². The predicted molar refractivity (Wildman–Crippen MR) is 105 cm³/mol. The Kier molecular flexibility index (Phi) is 5.13. The number of amides is 1. The molecule has 1 atom stereocenters. The number of halogens is 1. The van der Waals surface area contributed by atoms with Gasteiger partial charge in [0.15, 0.2) is 6.10 Å². The number of hydrogen-bond acceptors (Lipinski definition) is 3. The van der Waals surface area contributed by atoms with Crippen LogP contribution in [0.1, 0.15) is 28.4 Å². The lowest BCUT2D eigenvalue weighted by molar-refractivity contribution is -0.123. The molecule has 2 N–H and O–H groups in total. The van der Waals surface area contributed by atoms with E-state index in [0.717, 1.165) is 26.5 Å². The second-order valence-corrected chi connectivity index (χ2v) is 7.16. The van der Waals surface area contributed by atoms with Crippen molar-refractivity contribution in [2.24, 2.45) is 0 Å². The van der Waals surface area contributed by atoms with Crippen molar-refractivity contribution in [1.29, 1.82) is 0 Å². The van der Waals surface area contributed by atoms with E-state index in [4.69, 9.17) is 4.74 Å². The number of aromatic nitrogens is 1. The Hall–Kier alpha value is -2.60. The van der Waals surface area contributed by atoms with E-state index in [2.05, 4.69) is 26.2 Å². The van der Waals surface area contributed by atoms with E-state index in [1.807, 2.05) is 50.2 Å². The maximum absolute atomic E-state index is 12.5. The van der Waals surface area contributed by atoms with Crippen molar-refractivity contribution in [3.63, 3.8) is 0 Å². The summed E-state index contributed by atoms with van der Waals surface area (Å²) in [7, 11) is 0. The first-order valence-electron chi connectivity index (χ1n) is 8.21. The van der Waals surface area contributed by atoms with E-state index in [1.54, 1.807) is 13.1 Å². The van der Waals surface area contributed by atoms with Crippen molar-refractivity contribution < 1.29 is 14.3 Å². The molecule has 26 heavy (non-hydrogen) atoms. The van der Waals surface area contributed by atoms with E-state index < -0.39 is 12.1 Å². The number of aryl methyl sites for hydroxylation is 2. The van der Waals surface area contributed by atoms with Crippen LogP contribution in [0.15, 0.2) is 47.1 Å². The molecule has 1 heterocycles. The Labute approximate surface area is 159 Å². The molecule has 1 aromatic heterocycles. The number of carbonyl (C=O) groups excluding carboxylic acids is 2. The van der Waals surface area contributed by atoms with Crippen LogP contribution in [0.25, 0.3) is 10.9 Å². The highest BCUT2D eigenvalue weighted by molar-refractivity contribution is 9.10. The Bertz CT molecular complexity index is 994. The topological polar surface area (TPSA) is 71.2 Å². The number of nitrogens with one attached hydrogen (secondary N) is 2. The third-order valence-corrected chi connectivity index (χ3v) is 4.65. The first-order chi connectivity index (χ1) is 12.3.